The van der Waals surface area contributed by atoms with E-state index in [-0.39, 0.29) is 41.0 Å². The van der Waals surface area contributed by atoms with Crippen molar-refractivity contribution in [3.63, 3.8) is 0 Å². The van der Waals surface area contributed by atoms with Crippen LogP contribution < -0.4 is 11.1 Å². The fourth-order valence-corrected chi connectivity index (χ4v) is 3.06. The number of nitrogens with zero attached hydrogens (tertiary/aromatic N) is 4. The van der Waals surface area contributed by atoms with Crippen molar-refractivity contribution in [1.82, 2.24) is 30.3 Å². The Morgan fingerprint density at radius 3 is 2.88 bits per heavy atom. The number of aromatic nitrogens is 5. The van der Waals surface area contributed by atoms with E-state index in [1.165, 1.54) is 0 Å². The summed E-state index contributed by atoms with van der Waals surface area (Å²) in [5, 5.41) is 26.8. The molecule has 1 amide bonds. The SMILES string of the molecule is COCCn1c(CO)nnc1C1CC(NC(=O)c2[nH]nc(N)c2Cl)C1. The highest BCUT2D eigenvalue weighted by atomic mass is 35.5. The summed E-state index contributed by atoms with van der Waals surface area (Å²) in [7, 11) is 1.62. The third-order valence-electron chi connectivity index (χ3n) is 4.31. The summed E-state index contributed by atoms with van der Waals surface area (Å²) in [4.78, 5) is 12.2. The average molecular weight is 370 g/mol. The Labute approximate surface area is 148 Å². The highest BCUT2D eigenvalue weighted by Gasteiger charge is 2.36. The van der Waals surface area contributed by atoms with Gasteiger partial charge in [-0.25, -0.2) is 0 Å². The van der Waals surface area contributed by atoms with Crippen LogP contribution in [0.5, 0.6) is 0 Å². The number of anilines is 1. The van der Waals surface area contributed by atoms with E-state index < -0.39 is 0 Å². The summed E-state index contributed by atoms with van der Waals surface area (Å²) in [5.74, 6) is 1.24. The lowest BCUT2D eigenvalue weighted by molar-refractivity contribution is 0.0901. The maximum absolute atomic E-state index is 12.2. The van der Waals surface area contributed by atoms with Crippen LogP contribution in [0, 0.1) is 0 Å². The fraction of sp³-hybridized carbons (Fsp3) is 0.571. The Bertz CT molecular complexity index is 754. The van der Waals surface area contributed by atoms with Gasteiger partial charge in [-0.15, -0.1) is 10.2 Å². The van der Waals surface area contributed by atoms with Gasteiger partial charge >= 0.3 is 0 Å². The van der Waals surface area contributed by atoms with E-state index in [1.54, 1.807) is 7.11 Å². The van der Waals surface area contributed by atoms with Crippen molar-refractivity contribution < 1.29 is 14.6 Å². The highest BCUT2D eigenvalue weighted by molar-refractivity contribution is 6.35. The molecule has 5 N–H and O–H groups in total. The van der Waals surface area contributed by atoms with Crippen molar-refractivity contribution in [3.05, 3.63) is 22.4 Å². The standard InChI is InChI=1S/C14H20ClN7O3/c1-25-3-2-22-9(6-23)18-21-13(22)7-4-8(5-7)17-14(24)11-10(15)12(16)20-19-11/h7-8,23H,2-6H2,1H3,(H,17,24)(H3,16,19,20). The molecule has 3 rings (SSSR count). The maximum atomic E-state index is 12.2. The van der Waals surface area contributed by atoms with Crippen molar-refractivity contribution in [2.75, 3.05) is 19.5 Å². The molecular weight excluding hydrogens is 350 g/mol. The number of carbonyl (C=O) groups excluding carboxylic acids is 1. The van der Waals surface area contributed by atoms with Gasteiger partial charge in [0.05, 0.1) is 6.61 Å². The van der Waals surface area contributed by atoms with Gasteiger partial charge in [-0.1, -0.05) is 11.6 Å². The first-order valence-electron chi connectivity index (χ1n) is 7.87. The molecule has 1 fully saturated rings. The highest BCUT2D eigenvalue weighted by Crippen LogP contribution is 2.36. The lowest BCUT2D eigenvalue weighted by Crippen LogP contribution is -2.44. The lowest BCUT2D eigenvalue weighted by Gasteiger charge is -2.35. The average Bonchev–Trinajstić information content (AvgIpc) is 3.12. The summed E-state index contributed by atoms with van der Waals surface area (Å²) < 4.78 is 6.96. The predicted molar refractivity (Wildman–Crippen MR) is 89.1 cm³/mol. The number of H-pyrrole nitrogens is 1. The van der Waals surface area contributed by atoms with Crippen molar-refractivity contribution in [2.45, 2.75) is 38.0 Å². The number of carbonyl (C=O) groups is 1. The molecule has 0 unspecified atom stereocenters. The van der Waals surface area contributed by atoms with Gasteiger partial charge in [-0.3, -0.25) is 9.89 Å². The number of halogens is 1. The molecule has 2 aromatic rings. The van der Waals surface area contributed by atoms with E-state index in [2.05, 4.69) is 25.7 Å². The van der Waals surface area contributed by atoms with Gasteiger partial charge in [-0.2, -0.15) is 5.10 Å². The number of aromatic amines is 1. The zero-order valence-corrected chi connectivity index (χ0v) is 14.5. The summed E-state index contributed by atoms with van der Waals surface area (Å²) in [6.07, 6.45) is 1.45. The summed E-state index contributed by atoms with van der Waals surface area (Å²) >= 11 is 5.92. The third kappa shape index (κ3) is 3.46. The molecule has 0 bridgehead atoms. The summed E-state index contributed by atoms with van der Waals surface area (Å²) in [5.41, 5.74) is 5.68. The molecular formula is C14H20ClN7O3. The molecule has 25 heavy (non-hydrogen) atoms. The van der Waals surface area contributed by atoms with Crippen LogP contribution in [0.4, 0.5) is 5.82 Å². The molecule has 136 valence electrons. The van der Waals surface area contributed by atoms with Gasteiger partial charge in [0.25, 0.3) is 5.91 Å². The van der Waals surface area contributed by atoms with Gasteiger partial charge in [-0.05, 0) is 12.8 Å². The number of nitrogens with two attached hydrogens (primary N) is 1. The molecule has 1 saturated carbocycles. The Hall–Kier alpha value is -2.17. The summed E-state index contributed by atoms with van der Waals surface area (Å²) in [6.45, 7) is 0.902. The maximum Gasteiger partial charge on any atom is 0.271 e. The van der Waals surface area contributed by atoms with Crippen molar-refractivity contribution in [1.29, 1.82) is 0 Å². The zero-order valence-electron chi connectivity index (χ0n) is 13.7. The van der Waals surface area contributed by atoms with Crippen LogP contribution in [0.3, 0.4) is 0 Å². The number of nitrogen functional groups attached to an aromatic ring is 1. The lowest BCUT2D eigenvalue weighted by atomic mass is 9.79. The quantitative estimate of drug-likeness (QED) is 0.539. The van der Waals surface area contributed by atoms with Crippen LogP contribution in [-0.4, -0.2) is 55.7 Å². The van der Waals surface area contributed by atoms with Gasteiger partial charge in [0.15, 0.2) is 11.6 Å². The van der Waals surface area contributed by atoms with E-state index in [9.17, 15) is 9.90 Å². The minimum atomic E-state index is -0.338. The first-order valence-corrected chi connectivity index (χ1v) is 8.24. The number of aliphatic hydroxyl groups excluding tert-OH is 1. The minimum absolute atomic E-state index is 0.00300. The Kier molecular flexibility index (Phi) is 5.21. The molecule has 10 nitrogen and oxygen atoms in total. The Morgan fingerprint density at radius 1 is 1.52 bits per heavy atom. The summed E-state index contributed by atoms with van der Waals surface area (Å²) in [6, 6.07) is 0.00300. The fourth-order valence-electron chi connectivity index (χ4n) is 2.89. The molecule has 0 saturated heterocycles. The number of amides is 1. The Balaban J connectivity index is 1.60. The van der Waals surface area contributed by atoms with Crippen LogP contribution in [0.1, 0.15) is 40.9 Å². The number of rotatable bonds is 7. The second-order valence-corrected chi connectivity index (χ2v) is 6.29. The topological polar surface area (TPSA) is 144 Å². The number of aliphatic hydroxyl groups is 1. The Morgan fingerprint density at radius 2 is 2.28 bits per heavy atom. The smallest absolute Gasteiger partial charge is 0.271 e. The first-order chi connectivity index (χ1) is 12.0. The number of hydrogen-bond acceptors (Lipinski definition) is 7. The molecule has 0 radical (unpaired) electrons. The van der Waals surface area contributed by atoms with E-state index in [4.69, 9.17) is 22.1 Å². The normalized spacial score (nSPS) is 19.6. The van der Waals surface area contributed by atoms with Crippen molar-refractivity contribution in [3.8, 4) is 0 Å². The van der Waals surface area contributed by atoms with Crippen LogP contribution in [-0.2, 0) is 17.9 Å². The van der Waals surface area contributed by atoms with Crippen LogP contribution in [0.25, 0.3) is 0 Å². The van der Waals surface area contributed by atoms with Crippen molar-refractivity contribution in [2.24, 2.45) is 0 Å². The molecule has 2 heterocycles. The number of nitrogens with one attached hydrogen (secondary N) is 2. The second-order valence-electron chi connectivity index (χ2n) is 5.91. The van der Waals surface area contributed by atoms with E-state index in [0.717, 1.165) is 18.7 Å². The van der Waals surface area contributed by atoms with Gasteiger partial charge in [0, 0.05) is 25.6 Å². The molecule has 0 aliphatic heterocycles. The number of methoxy groups -OCH3 is 1. The van der Waals surface area contributed by atoms with Crippen LogP contribution in [0.2, 0.25) is 5.02 Å². The molecule has 1 aliphatic carbocycles. The molecule has 1 aliphatic rings. The van der Waals surface area contributed by atoms with Gasteiger partial charge in [0.1, 0.15) is 23.1 Å². The van der Waals surface area contributed by atoms with E-state index >= 15 is 0 Å². The van der Waals surface area contributed by atoms with Crippen LogP contribution in [0.15, 0.2) is 0 Å². The monoisotopic (exact) mass is 369 g/mol. The van der Waals surface area contributed by atoms with E-state index in [0.29, 0.717) is 19.0 Å². The third-order valence-corrected chi connectivity index (χ3v) is 4.70. The second kappa shape index (κ2) is 7.38. The largest absolute Gasteiger partial charge is 0.388 e. The van der Waals surface area contributed by atoms with Crippen molar-refractivity contribution >= 4 is 23.3 Å². The van der Waals surface area contributed by atoms with Crippen LogP contribution >= 0.6 is 11.6 Å². The molecule has 0 atom stereocenters. The number of hydrogen-bond donors (Lipinski definition) is 4. The first kappa shape index (κ1) is 17.6. The molecule has 11 heteroatoms. The minimum Gasteiger partial charge on any atom is -0.388 e. The van der Waals surface area contributed by atoms with Gasteiger partial charge < -0.3 is 25.5 Å². The zero-order chi connectivity index (χ0) is 18.0. The predicted octanol–water partition coefficient (Wildman–Crippen LogP) is 0.0515. The number of ether oxygens (including phenoxy) is 1. The van der Waals surface area contributed by atoms with E-state index in [1.807, 2.05) is 4.57 Å². The molecule has 2 aromatic heterocycles. The molecule has 0 spiro atoms. The molecule has 0 aromatic carbocycles. The van der Waals surface area contributed by atoms with Gasteiger partial charge in [0.2, 0.25) is 0 Å².